The molecule has 1 aromatic heterocycles. The van der Waals surface area contributed by atoms with Crippen molar-refractivity contribution >= 4 is 12.0 Å². The molecular formula is C14H21N3O4. The zero-order chi connectivity index (χ0) is 15.4. The summed E-state index contributed by atoms with van der Waals surface area (Å²) in [5, 5.41) is 6.76. The van der Waals surface area contributed by atoms with Gasteiger partial charge in [0.1, 0.15) is 11.3 Å². The molecule has 1 aliphatic heterocycles. The number of nitrogens with zero attached hydrogens (tertiary/aromatic N) is 2. The van der Waals surface area contributed by atoms with Gasteiger partial charge in [-0.25, -0.2) is 4.79 Å². The quantitative estimate of drug-likeness (QED) is 0.916. The number of rotatable bonds is 3. The first-order valence-corrected chi connectivity index (χ1v) is 7.18. The van der Waals surface area contributed by atoms with Gasteiger partial charge in [0.15, 0.2) is 0 Å². The lowest BCUT2D eigenvalue weighted by molar-refractivity contribution is 0.0859. The van der Waals surface area contributed by atoms with Crippen LogP contribution in [0, 0.1) is 13.8 Å². The number of carbonyl (C=O) groups excluding carboxylic acids is 2. The second-order valence-electron chi connectivity index (χ2n) is 5.13. The highest BCUT2D eigenvalue weighted by Crippen LogP contribution is 2.15. The molecule has 0 atom stereocenters. The summed E-state index contributed by atoms with van der Waals surface area (Å²) >= 11 is 0. The fourth-order valence-electron chi connectivity index (χ4n) is 2.49. The van der Waals surface area contributed by atoms with Crippen molar-refractivity contribution in [3.8, 4) is 0 Å². The Balaban J connectivity index is 1.86. The molecule has 1 N–H and O–H groups in total. The largest absolute Gasteiger partial charge is 0.450 e. The molecule has 2 rings (SSSR count). The van der Waals surface area contributed by atoms with Crippen LogP contribution in [0.5, 0.6) is 0 Å². The summed E-state index contributed by atoms with van der Waals surface area (Å²) in [5.41, 5.74) is 1.09. The molecule has 0 aromatic carbocycles. The van der Waals surface area contributed by atoms with Crippen molar-refractivity contribution in [2.24, 2.45) is 0 Å². The Bertz CT molecular complexity index is 499. The summed E-state index contributed by atoms with van der Waals surface area (Å²) < 4.78 is 9.97. The lowest BCUT2D eigenvalue weighted by Crippen LogP contribution is -2.46. The maximum Gasteiger partial charge on any atom is 0.409 e. The van der Waals surface area contributed by atoms with Crippen LogP contribution in [-0.4, -0.2) is 47.8 Å². The zero-order valence-corrected chi connectivity index (χ0v) is 12.6. The topological polar surface area (TPSA) is 84.7 Å². The molecule has 116 valence electrons. The molecule has 7 nitrogen and oxygen atoms in total. The Morgan fingerprint density at radius 2 is 2.05 bits per heavy atom. The van der Waals surface area contributed by atoms with Gasteiger partial charge in [0.2, 0.25) is 0 Å². The van der Waals surface area contributed by atoms with Gasteiger partial charge in [0.25, 0.3) is 5.91 Å². The van der Waals surface area contributed by atoms with Gasteiger partial charge in [-0.05, 0) is 33.6 Å². The predicted molar refractivity (Wildman–Crippen MR) is 75.1 cm³/mol. The van der Waals surface area contributed by atoms with Crippen molar-refractivity contribution in [2.75, 3.05) is 19.7 Å². The number of ether oxygens (including phenoxy) is 1. The van der Waals surface area contributed by atoms with E-state index in [4.69, 9.17) is 9.26 Å². The van der Waals surface area contributed by atoms with E-state index in [1.54, 1.807) is 25.7 Å². The number of piperidine rings is 1. The maximum absolute atomic E-state index is 12.2. The molecule has 2 amide bonds. The normalized spacial score (nSPS) is 15.9. The summed E-state index contributed by atoms with van der Waals surface area (Å²) in [6, 6.07) is 0.0527. The minimum absolute atomic E-state index is 0.0527. The molecule has 0 aliphatic carbocycles. The summed E-state index contributed by atoms with van der Waals surface area (Å²) in [6.07, 6.45) is 1.15. The van der Waals surface area contributed by atoms with Crippen LogP contribution < -0.4 is 5.32 Å². The SMILES string of the molecule is CCOC(=O)N1CCC(NC(=O)c2c(C)noc2C)CC1. The van der Waals surface area contributed by atoms with E-state index >= 15 is 0 Å². The van der Waals surface area contributed by atoms with Crippen molar-refractivity contribution in [1.29, 1.82) is 0 Å². The van der Waals surface area contributed by atoms with Crippen LogP contribution in [0.3, 0.4) is 0 Å². The molecule has 1 fully saturated rings. The van der Waals surface area contributed by atoms with Crippen molar-refractivity contribution < 1.29 is 18.8 Å². The molecule has 0 saturated carbocycles. The predicted octanol–water partition coefficient (Wildman–Crippen LogP) is 1.64. The average molecular weight is 295 g/mol. The third kappa shape index (κ3) is 3.53. The van der Waals surface area contributed by atoms with Crippen LogP contribution in [0.25, 0.3) is 0 Å². The van der Waals surface area contributed by atoms with E-state index < -0.39 is 0 Å². The van der Waals surface area contributed by atoms with Gasteiger partial charge in [0, 0.05) is 19.1 Å². The summed E-state index contributed by atoms with van der Waals surface area (Å²) in [5.74, 6) is 0.356. The third-order valence-corrected chi connectivity index (χ3v) is 3.62. The van der Waals surface area contributed by atoms with Crippen LogP contribution in [0.4, 0.5) is 4.79 Å². The van der Waals surface area contributed by atoms with E-state index in [9.17, 15) is 9.59 Å². The third-order valence-electron chi connectivity index (χ3n) is 3.62. The van der Waals surface area contributed by atoms with E-state index in [1.165, 1.54) is 0 Å². The molecule has 0 spiro atoms. The molecule has 1 aliphatic rings. The molecule has 1 saturated heterocycles. The van der Waals surface area contributed by atoms with Gasteiger partial charge >= 0.3 is 6.09 Å². The van der Waals surface area contributed by atoms with E-state index in [-0.39, 0.29) is 18.0 Å². The minimum atomic E-state index is -0.284. The van der Waals surface area contributed by atoms with Gasteiger partial charge in [-0.15, -0.1) is 0 Å². The smallest absolute Gasteiger partial charge is 0.409 e. The van der Waals surface area contributed by atoms with Crippen LogP contribution in [0.1, 0.15) is 41.6 Å². The molecule has 2 heterocycles. The number of hydrogen-bond donors (Lipinski definition) is 1. The molecule has 0 unspecified atom stereocenters. The summed E-state index contributed by atoms with van der Waals surface area (Å²) in [4.78, 5) is 25.5. The van der Waals surface area contributed by atoms with E-state index in [0.29, 0.717) is 49.6 Å². The van der Waals surface area contributed by atoms with Gasteiger partial charge in [-0.1, -0.05) is 5.16 Å². The molecule has 0 bridgehead atoms. The second kappa shape index (κ2) is 6.60. The number of aromatic nitrogens is 1. The first-order valence-electron chi connectivity index (χ1n) is 7.18. The van der Waals surface area contributed by atoms with E-state index in [2.05, 4.69) is 10.5 Å². The highest BCUT2D eigenvalue weighted by atomic mass is 16.6. The van der Waals surface area contributed by atoms with Crippen LogP contribution in [-0.2, 0) is 4.74 Å². The highest BCUT2D eigenvalue weighted by Gasteiger charge is 2.26. The summed E-state index contributed by atoms with van der Waals surface area (Å²) in [7, 11) is 0. The lowest BCUT2D eigenvalue weighted by Gasteiger charge is -2.31. The molecule has 7 heteroatoms. The fraction of sp³-hybridized carbons (Fsp3) is 0.643. The average Bonchev–Trinajstić information content (AvgIpc) is 2.79. The fourth-order valence-corrected chi connectivity index (χ4v) is 2.49. The highest BCUT2D eigenvalue weighted by molar-refractivity contribution is 5.96. The van der Waals surface area contributed by atoms with Gasteiger partial charge in [-0.3, -0.25) is 4.79 Å². The summed E-state index contributed by atoms with van der Waals surface area (Å²) in [6.45, 7) is 6.81. The van der Waals surface area contributed by atoms with Gasteiger partial charge in [-0.2, -0.15) is 0 Å². The monoisotopic (exact) mass is 295 g/mol. The van der Waals surface area contributed by atoms with Crippen molar-refractivity contribution in [3.63, 3.8) is 0 Å². The van der Waals surface area contributed by atoms with E-state index in [1.807, 2.05) is 0 Å². The Morgan fingerprint density at radius 3 is 2.57 bits per heavy atom. The standard InChI is InChI=1S/C14H21N3O4/c1-4-20-14(19)17-7-5-11(6-8-17)15-13(18)12-9(2)16-21-10(12)3/h11H,4-8H2,1-3H3,(H,15,18). The number of hydrogen-bond acceptors (Lipinski definition) is 5. The lowest BCUT2D eigenvalue weighted by atomic mass is 10.0. The van der Waals surface area contributed by atoms with Crippen LogP contribution in [0.2, 0.25) is 0 Å². The molecule has 21 heavy (non-hydrogen) atoms. The number of likely N-dealkylation sites (tertiary alicyclic amines) is 1. The van der Waals surface area contributed by atoms with Crippen molar-refractivity contribution in [1.82, 2.24) is 15.4 Å². The Kier molecular flexibility index (Phi) is 4.82. The van der Waals surface area contributed by atoms with Gasteiger partial charge < -0.3 is 19.5 Å². The van der Waals surface area contributed by atoms with Crippen LogP contribution in [0.15, 0.2) is 4.52 Å². The number of nitrogens with one attached hydrogen (secondary N) is 1. The first kappa shape index (κ1) is 15.3. The molecular weight excluding hydrogens is 274 g/mol. The Labute approximate surface area is 123 Å². The van der Waals surface area contributed by atoms with Gasteiger partial charge in [0.05, 0.1) is 12.3 Å². The number of amides is 2. The Morgan fingerprint density at radius 1 is 1.38 bits per heavy atom. The maximum atomic E-state index is 12.2. The molecule has 1 aromatic rings. The van der Waals surface area contributed by atoms with Crippen molar-refractivity contribution in [2.45, 2.75) is 39.7 Å². The van der Waals surface area contributed by atoms with E-state index in [0.717, 1.165) is 0 Å². The minimum Gasteiger partial charge on any atom is -0.450 e. The Hall–Kier alpha value is -2.05. The van der Waals surface area contributed by atoms with Crippen LogP contribution >= 0.6 is 0 Å². The van der Waals surface area contributed by atoms with Crippen molar-refractivity contribution in [3.05, 3.63) is 17.0 Å². The number of aryl methyl sites for hydroxylation is 2. The zero-order valence-electron chi connectivity index (χ0n) is 12.6. The first-order chi connectivity index (χ1) is 10.0. The second-order valence-corrected chi connectivity index (χ2v) is 5.13. The molecule has 0 radical (unpaired) electrons. The number of carbonyl (C=O) groups is 2.